The highest BCUT2D eigenvalue weighted by molar-refractivity contribution is 7.99. The number of hydrogen-bond donors (Lipinski definition) is 2. The molecule has 98 valence electrons. The quantitative estimate of drug-likeness (QED) is 0.788. The van der Waals surface area contributed by atoms with Crippen LogP contribution in [0.4, 0.5) is 0 Å². The molecule has 0 unspecified atom stereocenters. The Balaban J connectivity index is 1.53. The number of rotatable bonds is 5. The van der Waals surface area contributed by atoms with Gasteiger partial charge in [-0.05, 0) is 56.1 Å². The molecule has 2 aliphatic heterocycles. The second-order valence-corrected chi connectivity index (χ2v) is 6.42. The maximum Gasteiger partial charge on any atom is 0.220 e. The van der Waals surface area contributed by atoms with Crippen LogP contribution < -0.4 is 10.6 Å². The predicted octanol–water partition coefficient (Wildman–Crippen LogP) is 1.78. The summed E-state index contributed by atoms with van der Waals surface area (Å²) in [6.07, 6.45) is 6.85. The minimum absolute atomic E-state index is 0.264. The zero-order chi connectivity index (χ0) is 11.9. The molecule has 2 heterocycles. The van der Waals surface area contributed by atoms with Crippen molar-refractivity contribution in [1.82, 2.24) is 10.6 Å². The minimum Gasteiger partial charge on any atom is -0.356 e. The Kier molecular flexibility index (Phi) is 5.65. The minimum atomic E-state index is 0.264. The van der Waals surface area contributed by atoms with Crippen molar-refractivity contribution in [3.63, 3.8) is 0 Å². The van der Waals surface area contributed by atoms with Crippen LogP contribution in [0.1, 0.15) is 38.5 Å². The highest BCUT2D eigenvalue weighted by Gasteiger charge is 2.18. The molecule has 2 fully saturated rings. The third kappa shape index (κ3) is 4.88. The first-order valence-electron chi connectivity index (χ1n) is 6.92. The number of nitrogens with one attached hydrogen (secondary N) is 2. The van der Waals surface area contributed by atoms with E-state index in [0.29, 0.717) is 12.0 Å². The predicted molar refractivity (Wildman–Crippen MR) is 73.3 cm³/mol. The fourth-order valence-corrected chi connectivity index (χ4v) is 3.88. The van der Waals surface area contributed by atoms with Crippen LogP contribution in [0.3, 0.4) is 0 Å². The fraction of sp³-hybridized carbons (Fsp3) is 0.923. The third-order valence-corrected chi connectivity index (χ3v) is 4.84. The van der Waals surface area contributed by atoms with Crippen LogP contribution >= 0.6 is 11.8 Å². The van der Waals surface area contributed by atoms with Gasteiger partial charge in [0.25, 0.3) is 0 Å². The molecular formula is C13H24N2OS. The number of hydrogen-bond acceptors (Lipinski definition) is 3. The molecule has 1 atom stereocenters. The smallest absolute Gasteiger partial charge is 0.220 e. The summed E-state index contributed by atoms with van der Waals surface area (Å²) < 4.78 is 0. The molecule has 0 bridgehead atoms. The van der Waals surface area contributed by atoms with Crippen LogP contribution in [-0.2, 0) is 4.79 Å². The molecule has 2 N–H and O–H groups in total. The van der Waals surface area contributed by atoms with Gasteiger partial charge in [0, 0.05) is 19.0 Å². The Bertz CT molecular complexity index is 236. The third-order valence-electron chi connectivity index (χ3n) is 3.79. The van der Waals surface area contributed by atoms with Gasteiger partial charge >= 0.3 is 0 Å². The molecule has 17 heavy (non-hydrogen) atoms. The number of carbonyl (C=O) groups excluding carboxylic acids is 1. The van der Waals surface area contributed by atoms with E-state index in [1.54, 1.807) is 0 Å². The largest absolute Gasteiger partial charge is 0.356 e. The number of amides is 1. The summed E-state index contributed by atoms with van der Waals surface area (Å²) >= 11 is 2.02. The fourth-order valence-electron chi connectivity index (χ4n) is 2.67. The van der Waals surface area contributed by atoms with Crippen molar-refractivity contribution in [1.29, 1.82) is 0 Å². The topological polar surface area (TPSA) is 41.1 Å². The Morgan fingerprint density at radius 1 is 1.29 bits per heavy atom. The summed E-state index contributed by atoms with van der Waals surface area (Å²) in [5.74, 6) is 3.38. The molecule has 0 spiro atoms. The lowest BCUT2D eigenvalue weighted by Gasteiger charge is -2.20. The van der Waals surface area contributed by atoms with Crippen LogP contribution in [0.25, 0.3) is 0 Å². The molecule has 1 amide bonds. The van der Waals surface area contributed by atoms with Crippen LogP contribution in [0.5, 0.6) is 0 Å². The molecule has 0 aliphatic carbocycles. The molecule has 2 saturated heterocycles. The van der Waals surface area contributed by atoms with Crippen molar-refractivity contribution < 1.29 is 4.79 Å². The first kappa shape index (κ1) is 13.2. The molecule has 2 rings (SSSR count). The van der Waals surface area contributed by atoms with Crippen molar-refractivity contribution in [2.75, 3.05) is 24.6 Å². The number of carbonyl (C=O) groups is 1. The van der Waals surface area contributed by atoms with E-state index < -0.39 is 0 Å². The van der Waals surface area contributed by atoms with Gasteiger partial charge < -0.3 is 10.6 Å². The SMILES string of the molecule is O=C(CC1CCSCC1)NCC[C@@H]1CCCN1. The lowest BCUT2D eigenvalue weighted by molar-refractivity contribution is -0.122. The van der Waals surface area contributed by atoms with Crippen molar-refractivity contribution >= 4 is 17.7 Å². The van der Waals surface area contributed by atoms with Gasteiger partial charge in [0.2, 0.25) is 5.91 Å². The lowest BCUT2D eigenvalue weighted by Crippen LogP contribution is -2.31. The van der Waals surface area contributed by atoms with Gasteiger partial charge in [0.15, 0.2) is 0 Å². The molecule has 2 aliphatic rings. The summed E-state index contributed by atoms with van der Waals surface area (Å²) in [6, 6.07) is 0.640. The van der Waals surface area contributed by atoms with Crippen LogP contribution in [0, 0.1) is 5.92 Å². The van der Waals surface area contributed by atoms with Gasteiger partial charge in [-0.2, -0.15) is 11.8 Å². The van der Waals surface area contributed by atoms with Gasteiger partial charge in [0.1, 0.15) is 0 Å². The van der Waals surface area contributed by atoms with E-state index in [1.807, 2.05) is 11.8 Å². The Morgan fingerprint density at radius 3 is 2.82 bits per heavy atom. The lowest BCUT2D eigenvalue weighted by atomic mass is 9.98. The van der Waals surface area contributed by atoms with Gasteiger partial charge in [-0.3, -0.25) is 4.79 Å². The second kappa shape index (κ2) is 7.27. The Morgan fingerprint density at radius 2 is 2.12 bits per heavy atom. The summed E-state index contributed by atoms with van der Waals surface area (Å²) in [6.45, 7) is 2.00. The van der Waals surface area contributed by atoms with Gasteiger partial charge in [-0.15, -0.1) is 0 Å². The molecule has 0 aromatic rings. The molecule has 3 nitrogen and oxygen atoms in total. The summed E-state index contributed by atoms with van der Waals surface area (Å²) in [5.41, 5.74) is 0. The zero-order valence-electron chi connectivity index (χ0n) is 10.5. The van der Waals surface area contributed by atoms with E-state index in [9.17, 15) is 4.79 Å². The molecule has 0 radical (unpaired) electrons. The average Bonchev–Trinajstić information content (AvgIpc) is 2.83. The second-order valence-electron chi connectivity index (χ2n) is 5.19. The van der Waals surface area contributed by atoms with Crippen molar-refractivity contribution in [3.05, 3.63) is 0 Å². The standard InChI is InChI=1S/C13H24N2OS/c16-13(10-11-4-8-17-9-5-11)15-7-3-12-2-1-6-14-12/h11-12,14H,1-10H2,(H,15,16)/t12-/m0/s1. The van der Waals surface area contributed by atoms with E-state index in [4.69, 9.17) is 0 Å². The number of thioether (sulfide) groups is 1. The van der Waals surface area contributed by atoms with E-state index >= 15 is 0 Å². The van der Waals surface area contributed by atoms with Crippen LogP contribution in [0.2, 0.25) is 0 Å². The first-order valence-corrected chi connectivity index (χ1v) is 8.08. The van der Waals surface area contributed by atoms with Gasteiger partial charge in [0.05, 0.1) is 0 Å². The van der Waals surface area contributed by atoms with E-state index in [-0.39, 0.29) is 5.91 Å². The zero-order valence-corrected chi connectivity index (χ0v) is 11.4. The van der Waals surface area contributed by atoms with Gasteiger partial charge in [-0.25, -0.2) is 0 Å². The van der Waals surface area contributed by atoms with Crippen LogP contribution in [-0.4, -0.2) is 36.5 Å². The maximum absolute atomic E-state index is 11.7. The Hall–Kier alpha value is -0.220. The first-order chi connectivity index (χ1) is 8.34. The molecular weight excluding hydrogens is 232 g/mol. The van der Waals surface area contributed by atoms with E-state index in [2.05, 4.69) is 10.6 Å². The Labute approximate surface area is 108 Å². The summed E-state index contributed by atoms with van der Waals surface area (Å²) in [4.78, 5) is 11.7. The van der Waals surface area contributed by atoms with Gasteiger partial charge in [-0.1, -0.05) is 0 Å². The molecule has 0 aromatic carbocycles. The molecule has 0 saturated carbocycles. The highest BCUT2D eigenvalue weighted by atomic mass is 32.2. The average molecular weight is 256 g/mol. The maximum atomic E-state index is 11.7. The highest BCUT2D eigenvalue weighted by Crippen LogP contribution is 2.24. The molecule has 4 heteroatoms. The monoisotopic (exact) mass is 256 g/mol. The summed E-state index contributed by atoms with van der Waals surface area (Å²) in [7, 11) is 0. The normalized spacial score (nSPS) is 26.0. The van der Waals surface area contributed by atoms with E-state index in [1.165, 1.54) is 37.2 Å². The van der Waals surface area contributed by atoms with Crippen molar-refractivity contribution in [2.45, 2.75) is 44.6 Å². The molecule has 0 aromatic heterocycles. The van der Waals surface area contributed by atoms with Crippen molar-refractivity contribution in [3.8, 4) is 0 Å². The summed E-state index contributed by atoms with van der Waals surface area (Å²) in [5, 5.41) is 6.53. The van der Waals surface area contributed by atoms with Crippen molar-refractivity contribution in [2.24, 2.45) is 5.92 Å². The van der Waals surface area contributed by atoms with Crippen LogP contribution in [0.15, 0.2) is 0 Å². The van der Waals surface area contributed by atoms with E-state index in [0.717, 1.165) is 25.9 Å².